The highest BCUT2D eigenvalue weighted by atomic mass is 35.5. The van der Waals surface area contributed by atoms with Crippen molar-refractivity contribution < 1.29 is 4.79 Å². The van der Waals surface area contributed by atoms with Gasteiger partial charge in [0.2, 0.25) is 11.9 Å². The molecule has 72 valence electrons. The molecule has 0 aliphatic rings. The normalized spacial score (nSPS) is 10.7. The molecular weight excluding hydrogens is 206 g/mol. The van der Waals surface area contributed by atoms with Crippen LogP contribution in [0.4, 0.5) is 5.95 Å². The zero-order valence-electron chi connectivity index (χ0n) is 7.23. The molecular formula is C7H6ClN5O. The van der Waals surface area contributed by atoms with Crippen LogP contribution in [0.3, 0.4) is 0 Å². The van der Waals surface area contributed by atoms with Crippen LogP contribution >= 0.6 is 11.6 Å². The Labute approximate surface area is 83.7 Å². The van der Waals surface area contributed by atoms with Gasteiger partial charge in [-0.15, -0.1) is 0 Å². The number of fused-ring (bicyclic) bond motifs is 1. The van der Waals surface area contributed by atoms with Crippen molar-refractivity contribution in [3.05, 3.63) is 11.5 Å². The third-order valence-corrected chi connectivity index (χ3v) is 1.98. The molecule has 2 rings (SSSR count). The second-order valence-corrected chi connectivity index (χ2v) is 3.04. The van der Waals surface area contributed by atoms with E-state index < -0.39 is 0 Å². The van der Waals surface area contributed by atoms with Gasteiger partial charge in [-0.05, 0) is 0 Å². The topological polar surface area (TPSA) is 86.7 Å². The highest BCUT2D eigenvalue weighted by Crippen LogP contribution is 2.19. The zero-order valence-corrected chi connectivity index (χ0v) is 7.99. The van der Waals surface area contributed by atoms with Crippen molar-refractivity contribution in [3.8, 4) is 0 Å². The van der Waals surface area contributed by atoms with Gasteiger partial charge in [0.15, 0.2) is 10.8 Å². The van der Waals surface area contributed by atoms with Gasteiger partial charge in [0.25, 0.3) is 0 Å². The zero-order chi connectivity index (χ0) is 10.3. The first-order valence-corrected chi connectivity index (χ1v) is 4.14. The number of rotatable bonds is 0. The molecule has 0 atom stereocenters. The molecule has 0 unspecified atom stereocenters. The summed E-state index contributed by atoms with van der Waals surface area (Å²) in [6, 6.07) is 0. The fourth-order valence-electron chi connectivity index (χ4n) is 1.14. The van der Waals surface area contributed by atoms with E-state index in [9.17, 15) is 4.79 Å². The summed E-state index contributed by atoms with van der Waals surface area (Å²) in [5.41, 5.74) is 6.07. The molecule has 0 radical (unpaired) electrons. The van der Waals surface area contributed by atoms with E-state index in [2.05, 4.69) is 15.0 Å². The number of aromatic nitrogens is 4. The molecule has 14 heavy (non-hydrogen) atoms. The number of nitrogen functional groups attached to an aromatic ring is 1. The fraction of sp³-hybridized carbons (Fsp3) is 0.143. The molecule has 2 N–H and O–H groups in total. The van der Waals surface area contributed by atoms with Crippen LogP contribution in [0.1, 0.15) is 11.7 Å². The Bertz CT molecular complexity index is 520. The van der Waals surface area contributed by atoms with Gasteiger partial charge in [-0.1, -0.05) is 11.6 Å². The van der Waals surface area contributed by atoms with E-state index in [0.717, 1.165) is 0 Å². The van der Waals surface area contributed by atoms with Crippen molar-refractivity contribution in [1.29, 1.82) is 0 Å². The van der Waals surface area contributed by atoms with E-state index in [0.29, 0.717) is 11.2 Å². The summed E-state index contributed by atoms with van der Waals surface area (Å²) >= 11 is 5.81. The molecule has 0 amide bonds. The van der Waals surface area contributed by atoms with Crippen molar-refractivity contribution >= 4 is 34.6 Å². The summed E-state index contributed by atoms with van der Waals surface area (Å²) in [5.74, 6) is -0.168. The first-order chi connectivity index (χ1) is 6.59. The Kier molecular flexibility index (Phi) is 1.85. The van der Waals surface area contributed by atoms with Gasteiger partial charge in [-0.3, -0.25) is 9.36 Å². The minimum Gasteiger partial charge on any atom is -0.368 e. The minimum absolute atomic E-state index is 0.0382. The average molecular weight is 212 g/mol. The third-order valence-electron chi connectivity index (χ3n) is 1.72. The van der Waals surface area contributed by atoms with Crippen molar-refractivity contribution in [2.24, 2.45) is 0 Å². The lowest BCUT2D eigenvalue weighted by atomic mass is 10.5. The summed E-state index contributed by atoms with van der Waals surface area (Å²) in [6.07, 6.45) is 1.34. The van der Waals surface area contributed by atoms with Gasteiger partial charge < -0.3 is 5.73 Å². The standard InChI is InChI=1S/C7H6ClN5O/c1-3(14)13-2-10-6-4(13)5(8)11-7(9)12-6/h2H,1H3,(H2,9,11,12). The van der Waals surface area contributed by atoms with Crippen molar-refractivity contribution in [3.63, 3.8) is 0 Å². The lowest BCUT2D eigenvalue weighted by Crippen LogP contribution is -2.05. The fourth-order valence-corrected chi connectivity index (χ4v) is 1.40. The van der Waals surface area contributed by atoms with Crippen LogP contribution in [0.2, 0.25) is 5.15 Å². The van der Waals surface area contributed by atoms with Gasteiger partial charge in [0, 0.05) is 6.92 Å². The second-order valence-electron chi connectivity index (χ2n) is 2.68. The number of halogens is 1. The summed E-state index contributed by atoms with van der Waals surface area (Å²) in [4.78, 5) is 22.6. The van der Waals surface area contributed by atoms with Crippen LogP contribution in [0.15, 0.2) is 6.33 Å². The average Bonchev–Trinajstić information content (AvgIpc) is 2.47. The Morgan fingerprint density at radius 2 is 2.29 bits per heavy atom. The smallest absolute Gasteiger partial charge is 0.229 e. The summed E-state index contributed by atoms with van der Waals surface area (Å²) in [6.45, 7) is 1.40. The molecule has 6 nitrogen and oxygen atoms in total. The van der Waals surface area contributed by atoms with Gasteiger partial charge in [-0.2, -0.15) is 9.97 Å². The molecule has 0 saturated heterocycles. The highest BCUT2D eigenvalue weighted by molar-refractivity contribution is 6.34. The van der Waals surface area contributed by atoms with Crippen molar-refractivity contribution in [2.45, 2.75) is 6.92 Å². The van der Waals surface area contributed by atoms with Crippen molar-refractivity contribution in [1.82, 2.24) is 19.5 Å². The first kappa shape index (κ1) is 8.89. The third kappa shape index (κ3) is 1.20. The van der Waals surface area contributed by atoms with Crippen LogP contribution in [0.25, 0.3) is 11.2 Å². The predicted molar refractivity (Wildman–Crippen MR) is 51.0 cm³/mol. The predicted octanol–water partition coefficient (Wildman–Crippen LogP) is 0.722. The minimum atomic E-state index is -0.206. The quantitative estimate of drug-likeness (QED) is 0.649. The van der Waals surface area contributed by atoms with Gasteiger partial charge in [0.1, 0.15) is 11.8 Å². The SMILES string of the molecule is CC(=O)n1cnc2nc(N)nc(Cl)c21. The van der Waals surface area contributed by atoms with Crippen LogP contribution in [0.5, 0.6) is 0 Å². The van der Waals surface area contributed by atoms with E-state index in [1.54, 1.807) is 0 Å². The number of carbonyl (C=O) groups is 1. The van der Waals surface area contributed by atoms with Crippen LogP contribution in [-0.2, 0) is 0 Å². The highest BCUT2D eigenvalue weighted by Gasteiger charge is 2.12. The summed E-state index contributed by atoms with van der Waals surface area (Å²) < 4.78 is 1.27. The number of nitrogens with zero attached hydrogens (tertiary/aromatic N) is 4. The molecule has 0 fully saturated rings. The van der Waals surface area contributed by atoms with Crippen LogP contribution in [-0.4, -0.2) is 25.4 Å². The molecule has 2 heterocycles. The van der Waals surface area contributed by atoms with E-state index in [1.165, 1.54) is 17.8 Å². The molecule has 0 bridgehead atoms. The number of hydrogen-bond donors (Lipinski definition) is 1. The number of carbonyl (C=O) groups excluding carboxylic acids is 1. The van der Waals surface area contributed by atoms with Crippen LogP contribution < -0.4 is 5.73 Å². The molecule has 0 aliphatic heterocycles. The monoisotopic (exact) mass is 211 g/mol. The van der Waals surface area contributed by atoms with E-state index >= 15 is 0 Å². The first-order valence-electron chi connectivity index (χ1n) is 3.76. The molecule has 2 aromatic rings. The number of anilines is 1. The summed E-state index contributed by atoms with van der Waals surface area (Å²) in [7, 11) is 0. The molecule has 0 aliphatic carbocycles. The lowest BCUT2D eigenvalue weighted by Gasteiger charge is -1.99. The Morgan fingerprint density at radius 1 is 1.57 bits per heavy atom. The largest absolute Gasteiger partial charge is 0.368 e. The molecule has 0 aromatic carbocycles. The van der Waals surface area contributed by atoms with Crippen LogP contribution in [0, 0.1) is 0 Å². The summed E-state index contributed by atoms with van der Waals surface area (Å²) in [5, 5.41) is 0.125. The van der Waals surface area contributed by atoms with E-state index in [1.807, 2.05) is 0 Å². The lowest BCUT2D eigenvalue weighted by molar-refractivity contribution is 0.0941. The molecule has 0 saturated carbocycles. The number of imidazole rings is 1. The van der Waals surface area contributed by atoms with Gasteiger partial charge in [0.05, 0.1) is 0 Å². The maximum atomic E-state index is 11.1. The number of hydrogen-bond acceptors (Lipinski definition) is 5. The van der Waals surface area contributed by atoms with Gasteiger partial charge >= 0.3 is 0 Å². The molecule has 0 spiro atoms. The van der Waals surface area contributed by atoms with Crippen molar-refractivity contribution in [2.75, 3.05) is 5.73 Å². The molecule has 2 aromatic heterocycles. The Balaban J connectivity index is 2.85. The number of nitrogens with two attached hydrogens (primary N) is 1. The maximum Gasteiger partial charge on any atom is 0.229 e. The van der Waals surface area contributed by atoms with Gasteiger partial charge in [-0.25, -0.2) is 4.98 Å². The Hall–Kier alpha value is -1.69. The van der Waals surface area contributed by atoms with E-state index in [-0.39, 0.29) is 17.0 Å². The molecule has 7 heteroatoms. The second kappa shape index (κ2) is 2.91. The Morgan fingerprint density at radius 3 is 2.93 bits per heavy atom. The maximum absolute atomic E-state index is 11.1. The van der Waals surface area contributed by atoms with E-state index in [4.69, 9.17) is 17.3 Å².